The molecule has 0 saturated heterocycles. The Kier molecular flexibility index (Phi) is 2.92. The first-order valence-corrected chi connectivity index (χ1v) is 6.39. The van der Waals surface area contributed by atoms with E-state index < -0.39 is 0 Å². The summed E-state index contributed by atoms with van der Waals surface area (Å²) in [7, 11) is 2.01. The lowest BCUT2D eigenvalue weighted by atomic mass is 9.99. The zero-order valence-electron chi connectivity index (χ0n) is 11.2. The molecular formula is C17H16N2. The third-order valence-corrected chi connectivity index (χ3v) is 3.42. The maximum Gasteiger partial charge on any atom is 0.139 e. The maximum absolute atomic E-state index is 4.37. The van der Waals surface area contributed by atoms with Crippen molar-refractivity contribution in [1.29, 1.82) is 0 Å². The van der Waals surface area contributed by atoms with Gasteiger partial charge in [0, 0.05) is 25.0 Å². The zero-order chi connectivity index (χ0) is 13.2. The molecule has 0 aliphatic heterocycles. The second-order valence-electron chi connectivity index (χ2n) is 4.75. The van der Waals surface area contributed by atoms with Crippen LogP contribution in [0.4, 0.5) is 0 Å². The van der Waals surface area contributed by atoms with Crippen molar-refractivity contribution in [2.24, 2.45) is 7.05 Å². The lowest BCUT2D eigenvalue weighted by Gasteiger charge is -2.07. The molecule has 1 heterocycles. The van der Waals surface area contributed by atoms with E-state index in [1.807, 2.05) is 24.0 Å². The van der Waals surface area contributed by atoms with E-state index in [-0.39, 0.29) is 0 Å². The molecule has 3 aromatic rings. The quantitative estimate of drug-likeness (QED) is 0.668. The molecule has 94 valence electrons. The molecule has 0 N–H and O–H groups in total. The third-order valence-electron chi connectivity index (χ3n) is 3.42. The number of imidazole rings is 1. The van der Waals surface area contributed by atoms with Gasteiger partial charge >= 0.3 is 0 Å². The SMILES string of the molecule is Cc1ccccc1-c1ccc(-c2nccn2C)cc1. The minimum atomic E-state index is 0.997. The Morgan fingerprint density at radius 1 is 0.895 bits per heavy atom. The van der Waals surface area contributed by atoms with Gasteiger partial charge in [-0.25, -0.2) is 4.98 Å². The first kappa shape index (κ1) is 11.7. The molecule has 0 aliphatic carbocycles. The van der Waals surface area contributed by atoms with Gasteiger partial charge in [-0.1, -0.05) is 48.5 Å². The molecule has 19 heavy (non-hydrogen) atoms. The second kappa shape index (κ2) is 4.73. The van der Waals surface area contributed by atoms with Gasteiger partial charge in [0.25, 0.3) is 0 Å². The maximum atomic E-state index is 4.37. The Hall–Kier alpha value is -2.35. The monoisotopic (exact) mass is 248 g/mol. The largest absolute Gasteiger partial charge is 0.334 e. The van der Waals surface area contributed by atoms with Crippen LogP contribution < -0.4 is 0 Å². The van der Waals surface area contributed by atoms with E-state index in [0.29, 0.717) is 0 Å². The summed E-state index contributed by atoms with van der Waals surface area (Å²) in [4.78, 5) is 4.37. The summed E-state index contributed by atoms with van der Waals surface area (Å²) in [6.07, 6.45) is 3.79. The molecule has 0 aliphatic rings. The number of rotatable bonds is 2. The molecule has 2 aromatic carbocycles. The standard InChI is InChI=1S/C17H16N2/c1-13-5-3-4-6-16(13)14-7-9-15(10-8-14)17-18-11-12-19(17)2/h3-12H,1-2H3. The molecule has 0 amide bonds. The molecule has 0 spiro atoms. The van der Waals surface area contributed by atoms with Gasteiger partial charge < -0.3 is 4.57 Å². The predicted molar refractivity (Wildman–Crippen MR) is 78.8 cm³/mol. The van der Waals surface area contributed by atoms with Crippen LogP contribution in [0.3, 0.4) is 0 Å². The predicted octanol–water partition coefficient (Wildman–Crippen LogP) is 4.06. The Balaban J connectivity index is 2.00. The van der Waals surface area contributed by atoms with E-state index in [1.165, 1.54) is 16.7 Å². The molecule has 0 fully saturated rings. The third kappa shape index (κ3) is 2.17. The van der Waals surface area contributed by atoms with Crippen LogP contribution in [0.1, 0.15) is 5.56 Å². The highest BCUT2D eigenvalue weighted by molar-refractivity contribution is 5.70. The van der Waals surface area contributed by atoms with E-state index in [9.17, 15) is 0 Å². The van der Waals surface area contributed by atoms with Crippen LogP contribution in [0, 0.1) is 6.92 Å². The van der Waals surface area contributed by atoms with Gasteiger partial charge in [0.15, 0.2) is 0 Å². The Morgan fingerprint density at radius 2 is 1.58 bits per heavy atom. The fourth-order valence-corrected chi connectivity index (χ4v) is 2.34. The molecule has 0 bridgehead atoms. The van der Waals surface area contributed by atoms with Gasteiger partial charge in [-0.2, -0.15) is 0 Å². The molecular weight excluding hydrogens is 232 g/mol. The Labute approximate surface area is 113 Å². The number of nitrogens with zero attached hydrogens (tertiary/aromatic N) is 2. The van der Waals surface area contributed by atoms with Gasteiger partial charge in [0.05, 0.1) is 0 Å². The van der Waals surface area contributed by atoms with Gasteiger partial charge in [-0.15, -0.1) is 0 Å². The smallest absolute Gasteiger partial charge is 0.139 e. The molecule has 2 heteroatoms. The highest BCUT2D eigenvalue weighted by Crippen LogP contribution is 2.25. The lowest BCUT2D eigenvalue weighted by Crippen LogP contribution is -1.91. The number of hydrogen-bond acceptors (Lipinski definition) is 1. The number of hydrogen-bond donors (Lipinski definition) is 0. The van der Waals surface area contributed by atoms with Crippen molar-refractivity contribution in [1.82, 2.24) is 9.55 Å². The second-order valence-corrected chi connectivity index (χ2v) is 4.75. The van der Waals surface area contributed by atoms with Crippen LogP contribution in [0.25, 0.3) is 22.5 Å². The molecule has 0 atom stereocenters. The fourth-order valence-electron chi connectivity index (χ4n) is 2.34. The van der Waals surface area contributed by atoms with Gasteiger partial charge in [0.2, 0.25) is 0 Å². The van der Waals surface area contributed by atoms with Crippen LogP contribution in [-0.2, 0) is 7.05 Å². The Morgan fingerprint density at radius 3 is 2.21 bits per heavy atom. The molecule has 0 radical (unpaired) electrons. The summed E-state index contributed by atoms with van der Waals surface area (Å²) >= 11 is 0. The van der Waals surface area contributed by atoms with Gasteiger partial charge in [-0.05, 0) is 23.6 Å². The van der Waals surface area contributed by atoms with Crippen LogP contribution in [-0.4, -0.2) is 9.55 Å². The first-order chi connectivity index (χ1) is 9.25. The summed E-state index contributed by atoms with van der Waals surface area (Å²) in [6, 6.07) is 17.0. The van der Waals surface area contributed by atoms with E-state index >= 15 is 0 Å². The summed E-state index contributed by atoms with van der Waals surface area (Å²) in [5.41, 5.74) is 4.97. The van der Waals surface area contributed by atoms with E-state index in [2.05, 4.69) is 60.4 Å². The first-order valence-electron chi connectivity index (χ1n) is 6.39. The van der Waals surface area contributed by atoms with Crippen molar-refractivity contribution in [2.75, 3.05) is 0 Å². The topological polar surface area (TPSA) is 17.8 Å². The van der Waals surface area contributed by atoms with Crippen molar-refractivity contribution in [3.8, 4) is 22.5 Å². The van der Waals surface area contributed by atoms with Gasteiger partial charge in [0.1, 0.15) is 5.82 Å². The van der Waals surface area contributed by atoms with Crippen molar-refractivity contribution < 1.29 is 0 Å². The van der Waals surface area contributed by atoms with Crippen LogP contribution in [0.2, 0.25) is 0 Å². The zero-order valence-corrected chi connectivity index (χ0v) is 11.2. The molecule has 1 aromatic heterocycles. The molecule has 2 nitrogen and oxygen atoms in total. The summed E-state index contributed by atoms with van der Waals surface area (Å²) in [6.45, 7) is 2.14. The number of aryl methyl sites for hydroxylation is 2. The Bertz CT molecular complexity index is 693. The number of benzene rings is 2. The number of aromatic nitrogens is 2. The van der Waals surface area contributed by atoms with Crippen LogP contribution >= 0.6 is 0 Å². The van der Waals surface area contributed by atoms with E-state index in [4.69, 9.17) is 0 Å². The summed E-state index contributed by atoms with van der Waals surface area (Å²) in [5.74, 6) is 0.997. The molecule has 0 saturated carbocycles. The normalized spacial score (nSPS) is 10.6. The van der Waals surface area contributed by atoms with E-state index in [1.54, 1.807) is 0 Å². The average Bonchev–Trinajstić information content (AvgIpc) is 2.86. The highest BCUT2D eigenvalue weighted by Gasteiger charge is 2.04. The van der Waals surface area contributed by atoms with Crippen molar-refractivity contribution in [3.63, 3.8) is 0 Å². The van der Waals surface area contributed by atoms with Gasteiger partial charge in [-0.3, -0.25) is 0 Å². The van der Waals surface area contributed by atoms with Crippen LogP contribution in [0.5, 0.6) is 0 Å². The summed E-state index contributed by atoms with van der Waals surface area (Å²) in [5, 5.41) is 0. The van der Waals surface area contributed by atoms with E-state index in [0.717, 1.165) is 11.4 Å². The van der Waals surface area contributed by atoms with Crippen molar-refractivity contribution in [3.05, 3.63) is 66.5 Å². The average molecular weight is 248 g/mol. The van der Waals surface area contributed by atoms with Crippen molar-refractivity contribution in [2.45, 2.75) is 6.92 Å². The fraction of sp³-hybridized carbons (Fsp3) is 0.118. The summed E-state index contributed by atoms with van der Waals surface area (Å²) < 4.78 is 2.03. The highest BCUT2D eigenvalue weighted by atomic mass is 15.0. The molecule has 0 unspecified atom stereocenters. The minimum absolute atomic E-state index is 0.997. The van der Waals surface area contributed by atoms with Crippen LogP contribution in [0.15, 0.2) is 60.9 Å². The van der Waals surface area contributed by atoms with Crippen molar-refractivity contribution >= 4 is 0 Å². The lowest BCUT2D eigenvalue weighted by molar-refractivity contribution is 0.925. The molecule has 3 rings (SSSR count). The minimum Gasteiger partial charge on any atom is -0.334 e.